The molecule has 2 aromatic rings. The second-order valence-electron chi connectivity index (χ2n) is 5.39. The smallest absolute Gasteiger partial charge is 0.122 e. The molecule has 3 heteroatoms. The van der Waals surface area contributed by atoms with E-state index in [4.69, 9.17) is 9.47 Å². The molecule has 0 bridgehead atoms. The lowest BCUT2D eigenvalue weighted by molar-refractivity contribution is 0.242. The number of hydrogen-bond donors (Lipinski definition) is 0. The molecule has 114 valence electrons. The van der Waals surface area contributed by atoms with Gasteiger partial charge in [0.1, 0.15) is 11.5 Å². The van der Waals surface area contributed by atoms with E-state index in [0.717, 1.165) is 22.6 Å². The van der Waals surface area contributed by atoms with Crippen molar-refractivity contribution in [2.24, 2.45) is 0 Å². The highest BCUT2D eigenvalue weighted by atomic mass is 16.5. The predicted octanol–water partition coefficient (Wildman–Crippen LogP) is 4.53. The van der Waals surface area contributed by atoms with Gasteiger partial charge in [-0.25, -0.2) is 0 Å². The summed E-state index contributed by atoms with van der Waals surface area (Å²) in [4.78, 5) is 0. The van der Waals surface area contributed by atoms with E-state index in [1.54, 1.807) is 7.11 Å². The fraction of sp³-hybridized carbons (Fsp3) is 0.316. The van der Waals surface area contributed by atoms with Gasteiger partial charge < -0.3 is 9.47 Å². The maximum absolute atomic E-state index is 9.18. The molecule has 3 nitrogen and oxygen atoms in total. The number of hydrogen-bond acceptors (Lipinski definition) is 3. The monoisotopic (exact) mass is 295 g/mol. The lowest BCUT2D eigenvalue weighted by atomic mass is 9.88. The summed E-state index contributed by atoms with van der Waals surface area (Å²) in [7, 11) is 1.65. The highest BCUT2D eigenvalue weighted by Gasteiger charge is 2.18. The van der Waals surface area contributed by atoms with E-state index in [9.17, 15) is 5.26 Å². The number of nitrogens with zero attached hydrogens (tertiary/aromatic N) is 1. The highest BCUT2D eigenvalue weighted by molar-refractivity contribution is 5.43. The van der Waals surface area contributed by atoms with Gasteiger partial charge in [-0.15, -0.1) is 0 Å². The third-order valence-corrected chi connectivity index (χ3v) is 3.46. The van der Waals surface area contributed by atoms with E-state index in [1.807, 2.05) is 62.4 Å². The van der Waals surface area contributed by atoms with Crippen molar-refractivity contribution in [1.29, 1.82) is 5.26 Å². The Morgan fingerprint density at radius 2 is 1.73 bits per heavy atom. The molecule has 0 aliphatic rings. The van der Waals surface area contributed by atoms with E-state index >= 15 is 0 Å². The van der Waals surface area contributed by atoms with Crippen LogP contribution in [-0.2, 0) is 0 Å². The fourth-order valence-corrected chi connectivity index (χ4v) is 2.50. The first-order valence-electron chi connectivity index (χ1n) is 7.42. The third kappa shape index (κ3) is 3.79. The average Bonchev–Trinajstić information content (AvgIpc) is 2.53. The van der Waals surface area contributed by atoms with Gasteiger partial charge in [0.2, 0.25) is 0 Å². The van der Waals surface area contributed by atoms with E-state index in [-0.39, 0.29) is 12.0 Å². The molecule has 1 atom stereocenters. The van der Waals surface area contributed by atoms with Crippen LogP contribution in [0.3, 0.4) is 0 Å². The van der Waals surface area contributed by atoms with Crippen LogP contribution in [0.25, 0.3) is 0 Å². The number of para-hydroxylation sites is 1. The highest BCUT2D eigenvalue weighted by Crippen LogP contribution is 2.34. The average molecular weight is 295 g/mol. The molecule has 0 saturated heterocycles. The lowest BCUT2D eigenvalue weighted by Crippen LogP contribution is -2.06. The molecular formula is C19H21NO2. The first-order chi connectivity index (χ1) is 10.7. The van der Waals surface area contributed by atoms with Gasteiger partial charge >= 0.3 is 0 Å². The van der Waals surface area contributed by atoms with Crippen LogP contribution in [-0.4, -0.2) is 13.2 Å². The molecule has 0 fully saturated rings. The SMILES string of the molecule is COc1ccccc1C(CC#N)c1ccc(OC(C)C)cc1. The van der Waals surface area contributed by atoms with Crippen molar-refractivity contribution < 1.29 is 9.47 Å². The van der Waals surface area contributed by atoms with Gasteiger partial charge in [0.05, 0.1) is 19.3 Å². The summed E-state index contributed by atoms with van der Waals surface area (Å²) in [6, 6.07) is 18.1. The molecule has 0 amide bonds. The third-order valence-electron chi connectivity index (χ3n) is 3.46. The van der Waals surface area contributed by atoms with Gasteiger partial charge in [0, 0.05) is 17.9 Å². The van der Waals surface area contributed by atoms with Crippen molar-refractivity contribution >= 4 is 0 Å². The zero-order valence-electron chi connectivity index (χ0n) is 13.2. The zero-order valence-corrected chi connectivity index (χ0v) is 13.2. The van der Waals surface area contributed by atoms with Gasteiger partial charge in [-0.05, 0) is 37.6 Å². The van der Waals surface area contributed by atoms with Crippen LogP contribution in [0.2, 0.25) is 0 Å². The summed E-state index contributed by atoms with van der Waals surface area (Å²) < 4.78 is 11.1. The number of benzene rings is 2. The van der Waals surface area contributed by atoms with E-state index < -0.39 is 0 Å². The number of methoxy groups -OCH3 is 1. The second-order valence-corrected chi connectivity index (χ2v) is 5.39. The summed E-state index contributed by atoms with van der Waals surface area (Å²) >= 11 is 0. The number of rotatable bonds is 6. The number of nitriles is 1. The molecule has 0 aliphatic heterocycles. The quantitative estimate of drug-likeness (QED) is 0.786. The Morgan fingerprint density at radius 1 is 1.05 bits per heavy atom. The Hall–Kier alpha value is -2.47. The summed E-state index contributed by atoms with van der Waals surface area (Å²) in [6.45, 7) is 4.00. The lowest BCUT2D eigenvalue weighted by Gasteiger charge is -2.18. The van der Waals surface area contributed by atoms with E-state index in [2.05, 4.69) is 6.07 Å². The Labute approximate surface area is 132 Å². The largest absolute Gasteiger partial charge is 0.496 e. The molecule has 0 spiro atoms. The zero-order chi connectivity index (χ0) is 15.9. The molecule has 22 heavy (non-hydrogen) atoms. The van der Waals surface area contributed by atoms with E-state index in [1.165, 1.54) is 0 Å². The molecule has 0 saturated carbocycles. The molecule has 0 radical (unpaired) electrons. The molecule has 0 aromatic heterocycles. The minimum Gasteiger partial charge on any atom is -0.496 e. The van der Waals surface area contributed by atoms with Crippen LogP contribution in [0.5, 0.6) is 11.5 Å². The van der Waals surface area contributed by atoms with Crippen LogP contribution in [0, 0.1) is 11.3 Å². The van der Waals surface area contributed by atoms with Crippen LogP contribution in [0.4, 0.5) is 0 Å². The first-order valence-corrected chi connectivity index (χ1v) is 7.42. The molecule has 2 rings (SSSR count). The van der Waals surface area contributed by atoms with Gasteiger partial charge in [-0.3, -0.25) is 0 Å². The normalized spacial score (nSPS) is 11.8. The fourth-order valence-electron chi connectivity index (χ4n) is 2.50. The van der Waals surface area contributed by atoms with E-state index in [0.29, 0.717) is 6.42 Å². The van der Waals surface area contributed by atoms with Gasteiger partial charge in [-0.1, -0.05) is 30.3 Å². The maximum atomic E-state index is 9.18. The van der Waals surface area contributed by atoms with Gasteiger partial charge in [0.15, 0.2) is 0 Å². The van der Waals surface area contributed by atoms with Crippen molar-refractivity contribution in [2.75, 3.05) is 7.11 Å². The Bertz CT molecular complexity index is 641. The Balaban J connectivity index is 2.34. The van der Waals surface area contributed by atoms with Crippen molar-refractivity contribution in [1.82, 2.24) is 0 Å². The summed E-state index contributed by atoms with van der Waals surface area (Å²) in [5.41, 5.74) is 2.12. The summed E-state index contributed by atoms with van der Waals surface area (Å²) in [6.07, 6.45) is 0.556. The molecule has 1 unspecified atom stereocenters. The minimum absolute atomic E-state index is 0.00532. The van der Waals surface area contributed by atoms with Crippen LogP contribution >= 0.6 is 0 Å². The molecule has 0 heterocycles. The van der Waals surface area contributed by atoms with Crippen molar-refractivity contribution in [3.05, 3.63) is 59.7 Å². The standard InChI is InChI=1S/C19H21NO2/c1-14(2)22-16-10-8-15(9-11-16)17(12-13-20)18-6-4-5-7-19(18)21-3/h4-11,14,17H,12H2,1-3H3. The van der Waals surface area contributed by atoms with Crippen LogP contribution in [0.15, 0.2) is 48.5 Å². The van der Waals surface area contributed by atoms with Gasteiger partial charge in [0.25, 0.3) is 0 Å². The molecule has 2 aromatic carbocycles. The number of ether oxygens (including phenoxy) is 2. The predicted molar refractivity (Wildman–Crippen MR) is 87.3 cm³/mol. The van der Waals surface area contributed by atoms with Crippen molar-refractivity contribution in [3.8, 4) is 17.6 Å². The van der Waals surface area contributed by atoms with Crippen LogP contribution < -0.4 is 9.47 Å². The van der Waals surface area contributed by atoms with Gasteiger partial charge in [-0.2, -0.15) is 5.26 Å². The molecular weight excluding hydrogens is 274 g/mol. The van der Waals surface area contributed by atoms with Crippen LogP contribution in [0.1, 0.15) is 37.3 Å². The molecule has 0 aliphatic carbocycles. The van der Waals surface area contributed by atoms with Crippen molar-refractivity contribution in [3.63, 3.8) is 0 Å². The first kappa shape index (κ1) is 15.9. The summed E-state index contributed by atoms with van der Waals surface area (Å²) in [5, 5.41) is 9.18. The second kappa shape index (κ2) is 7.51. The minimum atomic E-state index is -0.00532. The molecule has 0 N–H and O–H groups in total. The Morgan fingerprint density at radius 3 is 2.32 bits per heavy atom. The summed E-state index contributed by atoms with van der Waals surface area (Å²) in [5.74, 6) is 1.65. The topological polar surface area (TPSA) is 42.2 Å². The Kier molecular flexibility index (Phi) is 5.43. The maximum Gasteiger partial charge on any atom is 0.122 e. The van der Waals surface area contributed by atoms with Crippen molar-refractivity contribution in [2.45, 2.75) is 32.3 Å².